The molecule has 0 amide bonds. The van der Waals surface area contributed by atoms with E-state index >= 15 is 0 Å². The Morgan fingerprint density at radius 2 is 2.45 bits per heavy atom. The molecule has 1 rings (SSSR count). The van der Waals surface area contributed by atoms with Crippen LogP contribution in [0.25, 0.3) is 0 Å². The number of hydrogen-bond acceptors (Lipinski definition) is 3. The van der Waals surface area contributed by atoms with Crippen LogP contribution < -0.4 is 0 Å². The van der Waals surface area contributed by atoms with Crippen LogP contribution in [-0.4, -0.2) is 15.7 Å². The van der Waals surface area contributed by atoms with Gasteiger partial charge in [-0.2, -0.15) is 0 Å². The van der Waals surface area contributed by atoms with Crippen LogP contribution in [0.5, 0.6) is 0 Å². The fourth-order valence-electron chi connectivity index (χ4n) is 0.685. The lowest BCUT2D eigenvalue weighted by molar-refractivity contribution is 0.894. The molecule has 60 valence electrons. The highest BCUT2D eigenvalue weighted by Crippen LogP contribution is 2.14. The Morgan fingerprint density at radius 1 is 1.55 bits per heavy atom. The highest BCUT2D eigenvalue weighted by molar-refractivity contribution is 7.99. The summed E-state index contributed by atoms with van der Waals surface area (Å²) >= 11 is 1.79. The molecule has 11 heavy (non-hydrogen) atoms. The van der Waals surface area contributed by atoms with Crippen LogP contribution in [0, 0.1) is 0 Å². The maximum atomic E-state index is 4.10. The summed E-state index contributed by atoms with van der Waals surface area (Å²) < 4.78 is 0. The molecule has 0 unspecified atom stereocenters. The van der Waals surface area contributed by atoms with Gasteiger partial charge in [-0.05, 0) is 18.2 Å². The van der Waals surface area contributed by atoms with Crippen molar-refractivity contribution in [3.63, 3.8) is 0 Å². The molecule has 1 heterocycles. The summed E-state index contributed by atoms with van der Waals surface area (Å²) in [6.45, 7) is 2.19. The molecule has 0 atom stereocenters. The van der Waals surface area contributed by atoms with Crippen molar-refractivity contribution in [1.82, 2.24) is 9.97 Å². The Kier molecular flexibility index (Phi) is 3.98. The highest BCUT2D eigenvalue weighted by Gasteiger charge is 1.91. The van der Waals surface area contributed by atoms with Crippen molar-refractivity contribution in [1.29, 1.82) is 0 Å². The van der Waals surface area contributed by atoms with Crippen LogP contribution in [-0.2, 0) is 0 Å². The van der Waals surface area contributed by atoms with Gasteiger partial charge in [0.05, 0.1) is 5.03 Å². The summed E-state index contributed by atoms with van der Waals surface area (Å²) in [5.74, 6) is 1.16. The van der Waals surface area contributed by atoms with Crippen molar-refractivity contribution in [3.05, 3.63) is 18.6 Å². The SMILES string of the molecule is CCCCSc1ccncn1. The largest absolute Gasteiger partial charge is 0.245 e. The number of aromatic nitrogens is 2. The molecule has 0 aliphatic heterocycles. The van der Waals surface area contributed by atoms with Crippen molar-refractivity contribution in [3.8, 4) is 0 Å². The second-order valence-electron chi connectivity index (χ2n) is 2.25. The average Bonchev–Trinajstić information content (AvgIpc) is 2.07. The normalized spacial score (nSPS) is 9.91. The second-order valence-corrected chi connectivity index (χ2v) is 3.36. The molecule has 0 radical (unpaired) electrons. The Balaban J connectivity index is 2.28. The van der Waals surface area contributed by atoms with Crippen molar-refractivity contribution < 1.29 is 0 Å². The fourth-order valence-corrected chi connectivity index (χ4v) is 1.61. The molecule has 0 bridgehead atoms. The van der Waals surface area contributed by atoms with E-state index in [1.54, 1.807) is 24.3 Å². The smallest absolute Gasteiger partial charge is 0.116 e. The number of hydrogen-bond donors (Lipinski definition) is 0. The summed E-state index contributed by atoms with van der Waals surface area (Å²) in [6, 6.07) is 1.94. The van der Waals surface area contributed by atoms with Crippen LogP contribution in [0.4, 0.5) is 0 Å². The van der Waals surface area contributed by atoms with E-state index in [2.05, 4.69) is 16.9 Å². The third-order valence-corrected chi connectivity index (χ3v) is 2.33. The third-order valence-electron chi connectivity index (χ3n) is 1.30. The van der Waals surface area contributed by atoms with Gasteiger partial charge in [0, 0.05) is 6.20 Å². The van der Waals surface area contributed by atoms with Crippen LogP contribution in [0.2, 0.25) is 0 Å². The minimum atomic E-state index is 1.08. The van der Waals surface area contributed by atoms with Gasteiger partial charge in [-0.3, -0.25) is 0 Å². The quantitative estimate of drug-likeness (QED) is 0.392. The predicted octanol–water partition coefficient (Wildman–Crippen LogP) is 2.37. The first-order valence-corrected chi connectivity index (χ1v) is 4.81. The van der Waals surface area contributed by atoms with E-state index in [1.165, 1.54) is 12.8 Å². The van der Waals surface area contributed by atoms with E-state index in [-0.39, 0.29) is 0 Å². The molecule has 0 aliphatic carbocycles. The van der Waals surface area contributed by atoms with E-state index in [0.717, 1.165) is 10.8 Å². The molecule has 3 heteroatoms. The van der Waals surface area contributed by atoms with Gasteiger partial charge in [0.2, 0.25) is 0 Å². The molecule has 1 aromatic rings. The number of unbranched alkanes of at least 4 members (excludes halogenated alkanes) is 1. The van der Waals surface area contributed by atoms with Crippen LogP contribution in [0.1, 0.15) is 19.8 Å². The first-order valence-electron chi connectivity index (χ1n) is 3.82. The lowest BCUT2D eigenvalue weighted by Crippen LogP contribution is -1.82. The minimum absolute atomic E-state index is 1.08. The predicted molar refractivity (Wildman–Crippen MR) is 47.7 cm³/mol. The van der Waals surface area contributed by atoms with Crippen molar-refractivity contribution in [2.45, 2.75) is 24.8 Å². The molecule has 0 saturated carbocycles. The molecule has 0 saturated heterocycles. The molecule has 0 aliphatic rings. The Morgan fingerprint density at radius 3 is 3.09 bits per heavy atom. The van der Waals surface area contributed by atoms with Crippen molar-refractivity contribution in [2.24, 2.45) is 0 Å². The zero-order valence-corrected chi connectivity index (χ0v) is 7.47. The first kappa shape index (κ1) is 8.53. The molecular weight excluding hydrogens is 156 g/mol. The Labute approximate surface area is 71.5 Å². The molecular formula is C8H12N2S. The lowest BCUT2D eigenvalue weighted by atomic mass is 10.4. The molecule has 0 aromatic carbocycles. The van der Waals surface area contributed by atoms with Gasteiger partial charge in [-0.15, -0.1) is 11.8 Å². The number of thioether (sulfide) groups is 1. The fraction of sp³-hybridized carbons (Fsp3) is 0.500. The molecule has 1 aromatic heterocycles. The number of nitrogens with zero attached hydrogens (tertiary/aromatic N) is 2. The maximum absolute atomic E-state index is 4.10. The Hall–Kier alpha value is -0.570. The van der Waals surface area contributed by atoms with E-state index in [0.29, 0.717) is 0 Å². The Bertz CT molecular complexity index is 189. The standard InChI is InChI=1S/C8H12N2S/c1-2-3-6-11-8-4-5-9-7-10-8/h4-5,7H,2-3,6H2,1H3. The monoisotopic (exact) mass is 168 g/mol. The highest BCUT2D eigenvalue weighted by atomic mass is 32.2. The van der Waals surface area contributed by atoms with Crippen LogP contribution in [0.15, 0.2) is 23.6 Å². The van der Waals surface area contributed by atoms with Gasteiger partial charge in [0.1, 0.15) is 6.33 Å². The molecule has 0 spiro atoms. The van der Waals surface area contributed by atoms with Crippen LogP contribution >= 0.6 is 11.8 Å². The third kappa shape index (κ3) is 3.37. The van der Waals surface area contributed by atoms with E-state index in [4.69, 9.17) is 0 Å². The summed E-state index contributed by atoms with van der Waals surface area (Å²) in [7, 11) is 0. The number of rotatable bonds is 4. The van der Waals surface area contributed by atoms with Gasteiger partial charge in [-0.1, -0.05) is 13.3 Å². The minimum Gasteiger partial charge on any atom is -0.245 e. The zero-order chi connectivity index (χ0) is 7.94. The molecule has 2 nitrogen and oxygen atoms in total. The summed E-state index contributed by atoms with van der Waals surface area (Å²) in [5.41, 5.74) is 0. The second kappa shape index (κ2) is 5.13. The van der Waals surface area contributed by atoms with Crippen LogP contribution in [0.3, 0.4) is 0 Å². The zero-order valence-electron chi connectivity index (χ0n) is 6.66. The van der Waals surface area contributed by atoms with E-state index < -0.39 is 0 Å². The van der Waals surface area contributed by atoms with E-state index in [1.807, 2.05) is 6.07 Å². The van der Waals surface area contributed by atoms with Crippen molar-refractivity contribution in [2.75, 3.05) is 5.75 Å². The summed E-state index contributed by atoms with van der Waals surface area (Å²) in [4.78, 5) is 7.95. The van der Waals surface area contributed by atoms with Crippen molar-refractivity contribution >= 4 is 11.8 Å². The maximum Gasteiger partial charge on any atom is 0.116 e. The topological polar surface area (TPSA) is 25.8 Å². The van der Waals surface area contributed by atoms with Gasteiger partial charge in [-0.25, -0.2) is 9.97 Å². The van der Waals surface area contributed by atoms with E-state index in [9.17, 15) is 0 Å². The molecule has 0 N–H and O–H groups in total. The summed E-state index contributed by atoms with van der Waals surface area (Å²) in [5, 5.41) is 1.08. The lowest BCUT2D eigenvalue weighted by Gasteiger charge is -1.96. The average molecular weight is 168 g/mol. The van der Waals surface area contributed by atoms with Gasteiger partial charge in [0.15, 0.2) is 0 Å². The van der Waals surface area contributed by atoms with Gasteiger partial charge >= 0.3 is 0 Å². The summed E-state index contributed by atoms with van der Waals surface area (Å²) in [6.07, 6.45) is 5.88. The van der Waals surface area contributed by atoms with Gasteiger partial charge < -0.3 is 0 Å². The first-order chi connectivity index (χ1) is 5.43. The van der Waals surface area contributed by atoms with Gasteiger partial charge in [0.25, 0.3) is 0 Å². The molecule has 0 fully saturated rings.